The Hall–Kier alpha value is -1.91. The first kappa shape index (κ1) is 15.5. The molecule has 0 atom stereocenters. The molecule has 1 amide bonds. The second kappa shape index (κ2) is 5.84. The van der Waals surface area contributed by atoms with Gasteiger partial charge in [0, 0.05) is 19.2 Å². The highest BCUT2D eigenvalue weighted by Crippen LogP contribution is 2.34. The maximum absolute atomic E-state index is 12.8. The van der Waals surface area contributed by atoms with Crippen molar-refractivity contribution in [2.75, 3.05) is 33.0 Å². The van der Waals surface area contributed by atoms with E-state index in [-0.39, 0.29) is 11.3 Å². The summed E-state index contributed by atoms with van der Waals surface area (Å²) in [7, 11) is 3.09. The first-order chi connectivity index (χ1) is 9.88. The topological polar surface area (TPSA) is 64.8 Å². The van der Waals surface area contributed by atoms with Crippen molar-refractivity contribution in [1.82, 2.24) is 4.90 Å². The normalized spacial score (nSPS) is 17.4. The Morgan fingerprint density at radius 3 is 2.57 bits per heavy atom. The summed E-state index contributed by atoms with van der Waals surface area (Å²) in [6.45, 7) is 5.87. The quantitative estimate of drug-likeness (QED) is 0.870. The van der Waals surface area contributed by atoms with Crippen molar-refractivity contribution in [3.8, 4) is 11.5 Å². The number of anilines is 1. The van der Waals surface area contributed by atoms with Crippen LogP contribution in [-0.2, 0) is 0 Å². The van der Waals surface area contributed by atoms with Gasteiger partial charge in [0.25, 0.3) is 5.91 Å². The Labute approximate surface area is 126 Å². The van der Waals surface area contributed by atoms with E-state index in [0.29, 0.717) is 22.7 Å². The molecule has 116 valence electrons. The Bertz CT molecular complexity index is 541. The fourth-order valence-corrected chi connectivity index (χ4v) is 2.83. The third-order valence-corrected chi connectivity index (χ3v) is 3.99. The standard InChI is InChI=1S/C16H24N2O3/c1-16(2)6-5-7-18(10-16)15(19)12-8-11(20-3)9-13(21-4)14(12)17/h8-9H,5-7,10,17H2,1-4H3. The summed E-state index contributed by atoms with van der Waals surface area (Å²) >= 11 is 0. The van der Waals surface area contributed by atoms with E-state index in [1.54, 1.807) is 19.2 Å². The molecule has 0 unspecified atom stereocenters. The second-order valence-electron chi connectivity index (χ2n) is 6.29. The highest BCUT2D eigenvalue weighted by Gasteiger charge is 2.31. The van der Waals surface area contributed by atoms with Gasteiger partial charge in [-0.2, -0.15) is 0 Å². The van der Waals surface area contributed by atoms with Crippen LogP contribution in [-0.4, -0.2) is 38.1 Å². The predicted octanol–water partition coefficient (Wildman–Crippen LogP) is 2.55. The smallest absolute Gasteiger partial charge is 0.256 e. The monoisotopic (exact) mass is 292 g/mol. The molecule has 0 bridgehead atoms. The van der Waals surface area contributed by atoms with Gasteiger partial charge in [0.1, 0.15) is 11.5 Å². The molecule has 1 heterocycles. The van der Waals surface area contributed by atoms with Gasteiger partial charge in [0.05, 0.1) is 25.5 Å². The predicted molar refractivity (Wildman–Crippen MR) is 82.9 cm³/mol. The molecule has 0 saturated carbocycles. The molecule has 1 aliphatic heterocycles. The third-order valence-electron chi connectivity index (χ3n) is 3.99. The number of methoxy groups -OCH3 is 2. The number of hydrogen-bond donors (Lipinski definition) is 1. The van der Waals surface area contributed by atoms with E-state index < -0.39 is 0 Å². The highest BCUT2D eigenvalue weighted by atomic mass is 16.5. The van der Waals surface area contributed by atoms with Crippen molar-refractivity contribution >= 4 is 11.6 Å². The van der Waals surface area contributed by atoms with Crippen molar-refractivity contribution in [3.63, 3.8) is 0 Å². The molecular formula is C16H24N2O3. The van der Waals surface area contributed by atoms with Gasteiger partial charge in [-0.15, -0.1) is 0 Å². The van der Waals surface area contributed by atoms with Crippen LogP contribution in [0.4, 0.5) is 5.69 Å². The van der Waals surface area contributed by atoms with E-state index in [4.69, 9.17) is 15.2 Å². The molecule has 2 N–H and O–H groups in total. The van der Waals surface area contributed by atoms with Crippen molar-refractivity contribution in [2.45, 2.75) is 26.7 Å². The number of nitrogens with zero attached hydrogens (tertiary/aromatic N) is 1. The fourth-order valence-electron chi connectivity index (χ4n) is 2.83. The molecule has 0 spiro atoms. The van der Waals surface area contributed by atoms with Crippen molar-refractivity contribution in [1.29, 1.82) is 0 Å². The second-order valence-corrected chi connectivity index (χ2v) is 6.29. The molecule has 0 aromatic heterocycles. The van der Waals surface area contributed by atoms with E-state index in [9.17, 15) is 4.79 Å². The number of likely N-dealkylation sites (tertiary alicyclic amines) is 1. The number of piperidine rings is 1. The number of rotatable bonds is 3. The van der Waals surface area contributed by atoms with E-state index in [0.717, 1.165) is 25.9 Å². The van der Waals surface area contributed by atoms with Gasteiger partial charge in [-0.05, 0) is 24.3 Å². The third kappa shape index (κ3) is 3.23. The number of benzene rings is 1. The molecule has 1 aliphatic rings. The largest absolute Gasteiger partial charge is 0.497 e. The molecule has 1 aromatic carbocycles. The van der Waals surface area contributed by atoms with Gasteiger partial charge in [-0.3, -0.25) is 4.79 Å². The van der Waals surface area contributed by atoms with Gasteiger partial charge in [-0.1, -0.05) is 13.8 Å². The maximum Gasteiger partial charge on any atom is 0.256 e. The van der Waals surface area contributed by atoms with E-state index in [1.165, 1.54) is 7.11 Å². The van der Waals surface area contributed by atoms with Crippen LogP contribution in [0.3, 0.4) is 0 Å². The van der Waals surface area contributed by atoms with Gasteiger partial charge >= 0.3 is 0 Å². The lowest BCUT2D eigenvalue weighted by Gasteiger charge is -2.38. The Morgan fingerprint density at radius 2 is 2.00 bits per heavy atom. The van der Waals surface area contributed by atoms with Crippen LogP contribution >= 0.6 is 0 Å². The van der Waals surface area contributed by atoms with Crippen LogP contribution < -0.4 is 15.2 Å². The molecule has 5 heteroatoms. The summed E-state index contributed by atoms with van der Waals surface area (Å²) in [5.74, 6) is 0.979. The van der Waals surface area contributed by atoms with Gasteiger partial charge in [-0.25, -0.2) is 0 Å². The van der Waals surface area contributed by atoms with Crippen LogP contribution in [0.1, 0.15) is 37.0 Å². The number of carbonyl (C=O) groups is 1. The minimum absolute atomic E-state index is 0.0579. The lowest BCUT2D eigenvalue weighted by Crippen LogP contribution is -2.43. The minimum Gasteiger partial charge on any atom is -0.497 e. The number of nitrogen functional groups attached to an aromatic ring is 1. The zero-order valence-corrected chi connectivity index (χ0v) is 13.2. The molecule has 21 heavy (non-hydrogen) atoms. The summed E-state index contributed by atoms with van der Waals surface area (Å²) in [6.07, 6.45) is 2.15. The number of amides is 1. The van der Waals surface area contributed by atoms with Crippen molar-refractivity contribution in [2.24, 2.45) is 5.41 Å². The molecule has 1 fully saturated rings. The van der Waals surface area contributed by atoms with Crippen LogP contribution in [0.5, 0.6) is 11.5 Å². The highest BCUT2D eigenvalue weighted by molar-refractivity contribution is 6.01. The Morgan fingerprint density at radius 1 is 1.29 bits per heavy atom. The van der Waals surface area contributed by atoms with E-state index >= 15 is 0 Å². The first-order valence-corrected chi connectivity index (χ1v) is 7.19. The number of hydrogen-bond acceptors (Lipinski definition) is 4. The summed E-state index contributed by atoms with van der Waals surface area (Å²) in [4.78, 5) is 14.6. The van der Waals surface area contributed by atoms with Crippen LogP contribution in [0, 0.1) is 5.41 Å². The molecule has 1 aromatic rings. The SMILES string of the molecule is COc1cc(OC)c(N)c(C(=O)N2CCCC(C)(C)C2)c1. The van der Waals surface area contributed by atoms with Crippen molar-refractivity contribution < 1.29 is 14.3 Å². The zero-order valence-electron chi connectivity index (χ0n) is 13.2. The molecule has 0 radical (unpaired) electrons. The molecule has 1 saturated heterocycles. The number of carbonyl (C=O) groups excluding carboxylic acids is 1. The average molecular weight is 292 g/mol. The first-order valence-electron chi connectivity index (χ1n) is 7.19. The lowest BCUT2D eigenvalue weighted by atomic mass is 9.84. The zero-order chi connectivity index (χ0) is 15.6. The van der Waals surface area contributed by atoms with Crippen LogP contribution in [0.2, 0.25) is 0 Å². The molecule has 0 aliphatic carbocycles. The van der Waals surface area contributed by atoms with Crippen LogP contribution in [0.25, 0.3) is 0 Å². The summed E-state index contributed by atoms with van der Waals surface area (Å²) in [6, 6.07) is 3.37. The Kier molecular flexibility index (Phi) is 4.30. The van der Waals surface area contributed by atoms with Gasteiger partial charge < -0.3 is 20.1 Å². The van der Waals surface area contributed by atoms with Crippen LogP contribution in [0.15, 0.2) is 12.1 Å². The van der Waals surface area contributed by atoms with E-state index in [1.807, 2.05) is 4.90 Å². The van der Waals surface area contributed by atoms with Gasteiger partial charge in [0.2, 0.25) is 0 Å². The fraction of sp³-hybridized carbons (Fsp3) is 0.562. The Balaban J connectivity index is 2.34. The lowest BCUT2D eigenvalue weighted by molar-refractivity contribution is 0.0584. The number of nitrogens with two attached hydrogens (primary N) is 1. The average Bonchev–Trinajstić information content (AvgIpc) is 2.45. The molecular weight excluding hydrogens is 268 g/mol. The summed E-state index contributed by atoms with van der Waals surface area (Å²) < 4.78 is 10.5. The van der Waals surface area contributed by atoms with E-state index in [2.05, 4.69) is 13.8 Å². The van der Waals surface area contributed by atoms with Crippen molar-refractivity contribution in [3.05, 3.63) is 17.7 Å². The number of ether oxygens (including phenoxy) is 2. The maximum atomic E-state index is 12.8. The molecule has 2 rings (SSSR count). The summed E-state index contributed by atoms with van der Waals surface area (Å²) in [5.41, 5.74) is 7.02. The summed E-state index contributed by atoms with van der Waals surface area (Å²) in [5, 5.41) is 0. The van der Waals surface area contributed by atoms with Gasteiger partial charge in [0.15, 0.2) is 0 Å². The minimum atomic E-state index is -0.0579. The molecule has 5 nitrogen and oxygen atoms in total.